The van der Waals surface area contributed by atoms with Gasteiger partial charge in [0.2, 0.25) is 0 Å². The smallest absolute Gasteiger partial charge is 0.133 e. The first-order valence-corrected chi connectivity index (χ1v) is 7.74. The molecule has 0 aromatic carbocycles. The Bertz CT molecular complexity index is 559. The third-order valence-corrected chi connectivity index (χ3v) is 4.23. The number of hydrogen-bond donors (Lipinski definition) is 1. The highest BCUT2D eigenvalue weighted by Gasteiger charge is 2.13. The van der Waals surface area contributed by atoms with Gasteiger partial charge in [-0.05, 0) is 29.3 Å². The van der Waals surface area contributed by atoms with Crippen molar-refractivity contribution in [1.82, 2.24) is 29.9 Å². The summed E-state index contributed by atoms with van der Waals surface area (Å²) in [7, 11) is 1.96. The van der Waals surface area contributed by atoms with Crippen molar-refractivity contribution >= 4 is 15.9 Å². The van der Waals surface area contributed by atoms with Gasteiger partial charge in [0.1, 0.15) is 12.2 Å². The molecule has 0 aliphatic carbocycles. The van der Waals surface area contributed by atoms with Crippen LogP contribution in [0.1, 0.15) is 31.1 Å². The zero-order chi connectivity index (χ0) is 14.5. The van der Waals surface area contributed by atoms with Crippen LogP contribution < -0.4 is 5.32 Å². The molecule has 0 amide bonds. The van der Waals surface area contributed by atoms with Gasteiger partial charge in [0.25, 0.3) is 0 Å². The Morgan fingerprint density at radius 3 is 2.75 bits per heavy atom. The van der Waals surface area contributed by atoms with Crippen molar-refractivity contribution in [1.29, 1.82) is 0 Å². The summed E-state index contributed by atoms with van der Waals surface area (Å²) in [5.74, 6) is 0.995. The fourth-order valence-corrected chi connectivity index (χ4v) is 2.83. The van der Waals surface area contributed by atoms with Crippen LogP contribution in [0.2, 0.25) is 0 Å². The van der Waals surface area contributed by atoms with E-state index >= 15 is 0 Å². The van der Waals surface area contributed by atoms with Gasteiger partial charge in [-0.3, -0.25) is 4.68 Å². The van der Waals surface area contributed by atoms with Crippen molar-refractivity contribution in [3.05, 3.63) is 28.0 Å². The van der Waals surface area contributed by atoms with Crippen molar-refractivity contribution in [2.45, 2.75) is 39.8 Å². The SMILES string of the molecule is CCc1nn(CC)c(CNCCc2nncn2C)c1Br. The van der Waals surface area contributed by atoms with Gasteiger partial charge in [0, 0.05) is 33.1 Å². The van der Waals surface area contributed by atoms with Gasteiger partial charge in [-0.15, -0.1) is 10.2 Å². The first-order chi connectivity index (χ1) is 9.67. The lowest BCUT2D eigenvalue weighted by atomic mass is 10.3. The van der Waals surface area contributed by atoms with Crippen LogP contribution in [0.15, 0.2) is 10.8 Å². The highest BCUT2D eigenvalue weighted by molar-refractivity contribution is 9.10. The summed E-state index contributed by atoms with van der Waals surface area (Å²) in [6, 6.07) is 0. The van der Waals surface area contributed by atoms with Gasteiger partial charge in [-0.1, -0.05) is 6.92 Å². The maximum atomic E-state index is 4.59. The van der Waals surface area contributed by atoms with Crippen LogP contribution in [-0.4, -0.2) is 31.1 Å². The highest BCUT2D eigenvalue weighted by atomic mass is 79.9. The van der Waals surface area contributed by atoms with Crippen LogP contribution in [0.5, 0.6) is 0 Å². The largest absolute Gasteiger partial charge is 0.321 e. The van der Waals surface area contributed by atoms with E-state index < -0.39 is 0 Å². The van der Waals surface area contributed by atoms with Crippen molar-refractivity contribution in [2.75, 3.05) is 6.54 Å². The average Bonchev–Trinajstić information content (AvgIpc) is 2.99. The molecule has 2 heterocycles. The predicted molar refractivity (Wildman–Crippen MR) is 81.4 cm³/mol. The molecule has 110 valence electrons. The van der Waals surface area contributed by atoms with Gasteiger partial charge >= 0.3 is 0 Å². The van der Waals surface area contributed by atoms with E-state index in [1.165, 1.54) is 5.69 Å². The van der Waals surface area contributed by atoms with E-state index in [2.05, 4.69) is 55.1 Å². The molecule has 7 heteroatoms. The minimum Gasteiger partial charge on any atom is -0.321 e. The lowest BCUT2D eigenvalue weighted by Gasteiger charge is -2.07. The molecule has 0 spiro atoms. The summed E-state index contributed by atoms with van der Waals surface area (Å²) in [5, 5.41) is 16.0. The van der Waals surface area contributed by atoms with Crippen LogP contribution >= 0.6 is 15.9 Å². The van der Waals surface area contributed by atoms with E-state index in [0.29, 0.717) is 0 Å². The fourth-order valence-electron chi connectivity index (χ4n) is 2.13. The molecule has 0 radical (unpaired) electrons. The minimum atomic E-state index is 0.805. The number of rotatable bonds is 7. The molecule has 20 heavy (non-hydrogen) atoms. The second-order valence-electron chi connectivity index (χ2n) is 4.66. The van der Waals surface area contributed by atoms with Crippen LogP contribution in [0.3, 0.4) is 0 Å². The van der Waals surface area contributed by atoms with Crippen LogP contribution in [0.25, 0.3) is 0 Å². The number of nitrogens with one attached hydrogen (secondary N) is 1. The lowest BCUT2D eigenvalue weighted by Crippen LogP contribution is -2.20. The molecule has 2 aromatic heterocycles. The quantitative estimate of drug-likeness (QED) is 0.779. The van der Waals surface area contributed by atoms with Gasteiger partial charge in [0.05, 0.1) is 15.9 Å². The molecule has 2 aromatic rings. The summed E-state index contributed by atoms with van der Waals surface area (Å²) in [4.78, 5) is 0. The van der Waals surface area contributed by atoms with E-state index in [1.54, 1.807) is 6.33 Å². The molecule has 0 aliphatic rings. The van der Waals surface area contributed by atoms with Crippen molar-refractivity contribution in [3.8, 4) is 0 Å². The van der Waals surface area contributed by atoms with E-state index in [9.17, 15) is 0 Å². The average molecular weight is 341 g/mol. The molecule has 1 N–H and O–H groups in total. The van der Waals surface area contributed by atoms with Crippen LogP contribution in [-0.2, 0) is 33.0 Å². The summed E-state index contributed by atoms with van der Waals surface area (Å²) in [6.07, 6.45) is 3.54. The minimum absolute atomic E-state index is 0.805. The zero-order valence-corrected chi connectivity index (χ0v) is 13.8. The Labute approximate surface area is 127 Å². The molecule has 0 bridgehead atoms. The maximum absolute atomic E-state index is 4.59. The monoisotopic (exact) mass is 340 g/mol. The second-order valence-corrected chi connectivity index (χ2v) is 5.45. The van der Waals surface area contributed by atoms with Gasteiger partial charge < -0.3 is 9.88 Å². The van der Waals surface area contributed by atoms with Crippen molar-refractivity contribution in [3.63, 3.8) is 0 Å². The molecule has 2 rings (SSSR count). The van der Waals surface area contributed by atoms with E-state index in [-0.39, 0.29) is 0 Å². The van der Waals surface area contributed by atoms with E-state index in [0.717, 1.165) is 48.5 Å². The molecule has 0 fully saturated rings. The summed E-state index contributed by atoms with van der Waals surface area (Å²) < 4.78 is 5.13. The Balaban J connectivity index is 1.91. The van der Waals surface area contributed by atoms with E-state index in [4.69, 9.17) is 0 Å². The number of aryl methyl sites for hydroxylation is 3. The van der Waals surface area contributed by atoms with Gasteiger partial charge in [0.15, 0.2) is 0 Å². The Kier molecular flexibility index (Phi) is 5.31. The zero-order valence-electron chi connectivity index (χ0n) is 12.2. The topological polar surface area (TPSA) is 60.6 Å². The fraction of sp³-hybridized carbons (Fsp3) is 0.615. The molecule has 0 saturated carbocycles. The Morgan fingerprint density at radius 2 is 2.15 bits per heavy atom. The Morgan fingerprint density at radius 1 is 1.35 bits per heavy atom. The molecular weight excluding hydrogens is 320 g/mol. The van der Waals surface area contributed by atoms with E-state index in [1.807, 2.05) is 11.6 Å². The number of nitrogens with zero attached hydrogens (tertiary/aromatic N) is 5. The second kappa shape index (κ2) is 6.99. The molecule has 6 nitrogen and oxygen atoms in total. The van der Waals surface area contributed by atoms with Gasteiger partial charge in [-0.25, -0.2) is 0 Å². The highest BCUT2D eigenvalue weighted by Crippen LogP contribution is 2.22. The predicted octanol–water partition coefficient (Wildman–Crippen LogP) is 1.69. The Hall–Kier alpha value is -1.21. The number of halogens is 1. The van der Waals surface area contributed by atoms with Crippen molar-refractivity contribution in [2.24, 2.45) is 7.05 Å². The molecule has 0 atom stereocenters. The first kappa shape index (κ1) is 15.2. The van der Waals surface area contributed by atoms with Crippen molar-refractivity contribution < 1.29 is 0 Å². The van der Waals surface area contributed by atoms with Crippen LogP contribution in [0.4, 0.5) is 0 Å². The summed E-state index contributed by atoms with van der Waals surface area (Å²) in [6.45, 7) is 6.80. The standard InChI is InChI=1S/C13H21BrN6/c1-4-10-13(14)11(20(5-2)18-10)8-15-7-6-12-17-16-9-19(12)3/h9,15H,4-8H2,1-3H3. The van der Waals surface area contributed by atoms with Gasteiger partial charge in [-0.2, -0.15) is 5.10 Å². The molecular formula is C13H21BrN6. The lowest BCUT2D eigenvalue weighted by molar-refractivity contribution is 0.572. The third kappa shape index (κ3) is 3.27. The molecule has 0 unspecified atom stereocenters. The molecule has 0 aliphatic heterocycles. The first-order valence-electron chi connectivity index (χ1n) is 6.95. The normalized spacial score (nSPS) is 11.2. The summed E-state index contributed by atoms with van der Waals surface area (Å²) in [5.41, 5.74) is 2.33. The van der Waals surface area contributed by atoms with Crippen LogP contribution in [0, 0.1) is 0 Å². The maximum Gasteiger partial charge on any atom is 0.133 e. The third-order valence-electron chi connectivity index (χ3n) is 3.32. The summed E-state index contributed by atoms with van der Waals surface area (Å²) >= 11 is 3.66. The number of hydrogen-bond acceptors (Lipinski definition) is 4. The number of aromatic nitrogens is 5. The molecule has 0 saturated heterocycles.